The van der Waals surface area contributed by atoms with Crippen molar-refractivity contribution < 1.29 is 29.3 Å². The maximum Gasteiger partial charge on any atom is 0.337 e. The van der Waals surface area contributed by atoms with Crippen molar-refractivity contribution in [2.75, 3.05) is 7.11 Å². The Balaban J connectivity index is 3.09. The second-order valence-corrected chi connectivity index (χ2v) is 3.49. The van der Waals surface area contributed by atoms with Crippen LogP contribution in [0.2, 0.25) is 0 Å². The van der Waals surface area contributed by atoms with Crippen LogP contribution in [0.4, 0.5) is 0 Å². The standard InChI is InChI=1S/C11H14O6/c1-3-6-7(4-9(12)13)8(10(14)16-2)5-17-11(6)15/h3,5,7,11,15H,4H2,1-2H3,(H,12,13)/b6-3+/t7-,11+/m0/s1. The first kappa shape index (κ1) is 13.2. The number of methoxy groups -OCH3 is 1. The van der Waals surface area contributed by atoms with E-state index in [9.17, 15) is 14.7 Å². The molecular formula is C11H14O6. The highest BCUT2D eigenvalue weighted by atomic mass is 16.6. The summed E-state index contributed by atoms with van der Waals surface area (Å²) in [5.74, 6) is -2.46. The van der Waals surface area contributed by atoms with Crippen LogP contribution in [0.1, 0.15) is 13.3 Å². The van der Waals surface area contributed by atoms with Crippen molar-refractivity contribution in [2.24, 2.45) is 5.92 Å². The molecule has 1 aliphatic rings. The second-order valence-electron chi connectivity index (χ2n) is 3.49. The van der Waals surface area contributed by atoms with Gasteiger partial charge in [0.05, 0.1) is 25.4 Å². The summed E-state index contributed by atoms with van der Waals surface area (Å²) >= 11 is 0. The summed E-state index contributed by atoms with van der Waals surface area (Å²) in [6, 6.07) is 0. The Labute approximate surface area is 98.1 Å². The van der Waals surface area contributed by atoms with Gasteiger partial charge in [0.15, 0.2) is 0 Å². The molecule has 0 unspecified atom stereocenters. The van der Waals surface area contributed by atoms with Gasteiger partial charge < -0.3 is 19.7 Å². The third-order valence-electron chi connectivity index (χ3n) is 2.52. The van der Waals surface area contributed by atoms with Crippen molar-refractivity contribution in [2.45, 2.75) is 19.6 Å². The van der Waals surface area contributed by atoms with Crippen LogP contribution in [0.5, 0.6) is 0 Å². The average molecular weight is 242 g/mol. The highest BCUT2D eigenvalue weighted by molar-refractivity contribution is 5.90. The normalized spacial score (nSPS) is 26.1. The molecule has 17 heavy (non-hydrogen) atoms. The van der Waals surface area contributed by atoms with Crippen LogP contribution in [0, 0.1) is 5.92 Å². The fraction of sp³-hybridized carbons (Fsp3) is 0.455. The van der Waals surface area contributed by atoms with Gasteiger partial charge in [-0.15, -0.1) is 0 Å². The van der Waals surface area contributed by atoms with Crippen LogP contribution in [0.25, 0.3) is 0 Å². The van der Waals surface area contributed by atoms with E-state index in [1.165, 1.54) is 13.2 Å². The number of aliphatic carboxylic acids is 1. The lowest BCUT2D eigenvalue weighted by atomic mass is 9.86. The summed E-state index contributed by atoms with van der Waals surface area (Å²) in [5, 5.41) is 18.4. The number of rotatable bonds is 3. The molecule has 6 nitrogen and oxygen atoms in total. The van der Waals surface area contributed by atoms with Crippen LogP contribution < -0.4 is 0 Å². The summed E-state index contributed by atoms with van der Waals surface area (Å²) in [4.78, 5) is 22.2. The van der Waals surface area contributed by atoms with Gasteiger partial charge in [0, 0.05) is 11.5 Å². The molecule has 1 rings (SSSR count). The molecule has 2 atom stereocenters. The molecule has 0 bridgehead atoms. The van der Waals surface area contributed by atoms with Crippen LogP contribution in [-0.4, -0.2) is 35.6 Å². The number of aliphatic hydroxyl groups is 1. The molecule has 6 heteroatoms. The smallest absolute Gasteiger partial charge is 0.337 e. The zero-order chi connectivity index (χ0) is 13.0. The third-order valence-corrected chi connectivity index (χ3v) is 2.52. The zero-order valence-electron chi connectivity index (χ0n) is 9.54. The fourth-order valence-corrected chi connectivity index (χ4v) is 1.70. The zero-order valence-corrected chi connectivity index (χ0v) is 9.54. The van der Waals surface area contributed by atoms with E-state index in [1.807, 2.05) is 0 Å². The number of esters is 1. The molecule has 0 spiro atoms. The van der Waals surface area contributed by atoms with E-state index in [1.54, 1.807) is 6.92 Å². The number of carboxylic acids is 1. The SMILES string of the molecule is C/C=C1/[C@H](O)OC=C(C(=O)OC)[C@H]1CC(=O)O. The molecule has 0 aliphatic carbocycles. The molecule has 0 saturated heterocycles. The first-order chi connectivity index (χ1) is 8.01. The molecule has 0 radical (unpaired) electrons. The quantitative estimate of drug-likeness (QED) is 0.550. The summed E-state index contributed by atoms with van der Waals surface area (Å²) in [6.07, 6.45) is 1.06. The highest BCUT2D eigenvalue weighted by Crippen LogP contribution is 2.32. The number of hydrogen-bond donors (Lipinski definition) is 2. The highest BCUT2D eigenvalue weighted by Gasteiger charge is 2.35. The van der Waals surface area contributed by atoms with Crippen molar-refractivity contribution in [3.05, 3.63) is 23.5 Å². The Bertz CT molecular complexity index is 381. The Kier molecular flexibility index (Phi) is 4.28. The van der Waals surface area contributed by atoms with Crippen LogP contribution in [-0.2, 0) is 19.1 Å². The lowest BCUT2D eigenvalue weighted by molar-refractivity contribution is -0.139. The van der Waals surface area contributed by atoms with Crippen molar-refractivity contribution in [1.82, 2.24) is 0 Å². The number of aliphatic hydroxyl groups excluding tert-OH is 1. The molecule has 0 fully saturated rings. The fourth-order valence-electron chi connectivity index (χ4n) is 1.70. The van der Waals surface area contributed by atoms with Crippen molar-refractivity contribution in [3.8, 4) is 0 Å². The molecule has 0 aromatic carbocycles. The number of carbonyl (C=O) groups is 2. The molecule has 0 saturated carbocycles. The molecule has 1 heterocycles. The van der Waals surface area contributed by atoms with E-state index in [0.717, 1.165) is 6.26 Å². The molecule has 1 aliphatic heterocycles. The summed E-state index contributed by atoms with van der Waals surface area (Å²) in [7, 11) is 1.20. The lowest BCUT2D eigenvalue weighted by Gasteiger charge is -2.28. The van der Waals surface area contributed by atoms with Crippen LogP contribution >= 0.6 is 0 Å². The number of carboxylic acid groups (broad SMARTS) is 1. The summed E-state index contributed by atoms with van der Waals surface area (Å²) in [5.41, 5.74) is 0.434. The largest absolute Gasteiger partial charge is 0.481 e. The van der Waals surface area contributed by atoms with Gasteiger partial charge in [0.25, 0.3) is 0 Å². The minimum Gasteiger partial charge on any atom is -0.481 e. The Morgan fingerprint density at radius 1 is 1.59 bits per heavy atom. The van der Waals surface area contributed by atoms with E-state index >= 15 is 0 Å². The monoisotopic (exact) mass is 242 g/mol. The Morgan fingerprint density at radius 2 is 2.24 bits per heavy atom. The minimum atomic E-state index is -1.22. The Hall–Kier alpha value is -1.82. The van der Waals surface area contributed by atoms with Gasteiger partial charge in [-0.3, -0.25) is 4.79 Å². The molecule has 0 aromatic rings. The van der Waals surface area contributed by atoms with Gasteiger partial charge in [-0.25, -0.2) is 4.79 Å². The van der Waals surface area contributed by atoms with Crippen molar-refractivity contribution in [3.63, 3.8) is 0 Å². The maximum atomic E-state index is 11.5. The van der Waals surface area contributed by atoms with E-state index in [4.69, 9.17) is 9.84 Å². The third kappa shape index (κ3) is 2.85. The Morgan fingerprint density at radius 3 is 2.71 bits per heavy atom. The van der Waals surface area contributed by atoms with Crippen LogP contribution in [0.15, 0.2) is 23.5 Å². The number of carbonyl (C=O) groups excluding carboxylic acids is 1. The molecule has 0 amide bonds. The molecule has 94 valence electrons. The number of allylic oxidation sites excluding steroid dienone is 1. The van der Waals surface area contributed by atoms with Gasteiger partial charge >= 0.3 is 11.9 Å². The predicted octanol–water partition coefficient (Wildman–Crippen LogP) is 0.429. The van der Waals surface area contributed by atoms with Crippen molar-refractivity contribution >= 4 is 11.9 Å². The number of hydrogen-bond acceptors (Lipinski definition) is 5. The molecular weight excluding hydrogens is 228 g/mol. The minimum absolute atomic E-state index is 0.0910. The second kappa shape index (κ2) is 5.49. The van der Waals surface area contributed by atoms with Gasteiger partial charge in [-0.05, 0) is 6.92 Å². The number of ether oxygens (including phenoxy) is 2. The predicted molar refractivity (Wildman–Crippen MR) is 56.7 cm³/mol. The first-order valence-electron chi connectivity index (χ1n) is 5.01. The van der Waals surface area contributed by atoms with Gasteiger partial charge in [0.2, 0.25) is 6.29 Å². The van der Waals surface area contributed by atoms with Gasteiger partial charge in [-0.1, -0.05) is 6.08 Å². The van der Waals surface area contributed by atoms with Gasteiger partial charge in [0.1, 0.15) is 0 Å². The maximum absolute atomic E-state index is 11.5. The van der Waals surface area contributed by atoms with E-state index < -0.39 is 24.1 Å². The van der Waals surface area contributed by atoms with Gasteiger partial charge in [-0.2, -0.15) is 0 Å². The van der Waals surface area contributed by atoms with E-state index in [2.05, 4.69) is 4.74 Å². The van der Waals surface area contributed by atoms with E-state index in [0.29, 0.717) is 5.57 Å². The summed E-state index contributed by atoms with van der Waals surface area (Å²) in [6.45, 7) is 1.64. The van der Waals surface area contributed by atoms with Crippen molar-refractivity contribution in [1.29, 1.82) is 0 Å². The van der Waals surface area contributed by atoms with E-state index in [-0.39, 0.29) is 12.0 Å². The van der Waals surface area contributed by atoms with Crippen LogP contribution in [0.3, 0.4) is 0 Å². The molecule has 2 N–H and O–H groups in total. The summed E-state index contributed by atoms with van der Waals surface area (Å²) < 4.78 is 9.40. The molecule has 0 aromatic heterocycles. The lowest BCUT2D eigenvalue weighted by Crippen LogP contribution is -2.30. The average Bonchev–Trinajstić information content (AvgIpc) is 2.28. The topological polar surface area (TPSA) is 93.1 Å². The first-order valence-corrected chi connectivity index (χ1v) is 5.01.